The van der Waals surface area contributed by atoms with Crippen LogP contribution in [-0.4, -0.2) is 30.7 Å². The molecule has 1 atom stereocenters. The number of nitrogens with zero attached hydrogens (tertiary/aromatic N) is 1. The highest BCUT2D eigenvalue weighted by atomic mass is 16.2. The van der Waals surface area contributed by atoms with Crippen molar-refractivity contribution in [3.8, 4) is 0 Å². The quantitative estimate of drug-likeness (QED) is 0.508. The van der Waals surface area contributed by atoms with E-state index < -0.39 is 6.03 Å². The van der Waals surface area contributed by atoms with Gasteiger partial charge in [-0.15, -0.1) is 0 Å². The Morgan fingerprint density at radius 3 is 2.71 bits per heavy atom. The molecule has 3 amide bonds. The van der Waals surface area contributed by atoms with E-state index in [1.165, 1.54) is 12.3 Å². The number of nitrogens with one attached hydrogen (secondary N) is 2. The number of amides is 3. The molecule has 0 fully saturated rings. The molecule has 0 aromatic rings. The molecular weight excluding hydrogens is 182 g/mol. The Bertz CT molecular complexity index is 248. The van der Waals surface area contributed by atoms with E-state index in [-0.39, 0.29) is 11.9 Å². The highest BCUT2D eigenvalue weighted by Crippen LogP contribution is 1.81. The van der Waals surface area contributed by atoms with Gasteiger partial charge in [0, 0.05) is 18.8 Å². The van der Waals surface area contributed by atoms with Crippen molar-refractivity contribution in [2.75, 3.05) is 6.54 Å². The molecule has 0 saturated carbocycles. The van der Waals surface area contributed by atoms with Crippen LogP contribution in [0.4, 0.5) is 4.79 Å². The largest absolute Gasteiger partial charge is 0.348 e. The van der Waals surface area contributed by atoms with E-state index in [9.17, 15) is 9.59 Å². The first-order chi connectivity index (χ1) is 6.60. The van der Waals surface area contributed by atoms with Crippen molar-refractivity contribution in [3.63, 3.8) is 0 Å². The molecule has 0 saturated heterocycles. The van der Waals surface area contributed by atoms with Gasteiger partial charge in [0.25, 0.3) is 0 Å². The SMILES string of the molecule is C=CC(=O)NC(C)CNC(=O)N=CC. The Morgan fingerprint density at radius 2 is 2.21 bits per heavy atom. The molecular formula is C9H15N3O2. The van der Waals surface area contributed by atoms with Crippen LogP contribution in [0.25, 0.3) is 0 Å². The summed E-state index contributed by atoms with van der Waals surface area (Å²) in [7, 11) is 0. The normalized spacial score (nSPS) is 12.1. The summed E-state index contributed by atoms with van der Waals surface area (Å²) >= 11 is 0. The summed E-state index contributed by atoms with van der Waals surface area (Å²) in [5.41, 5.74) is 0. The van der Waals surface area contributed by atoms with Crippen molar-refractivity contribution in [2.24, 2.45) is 4.99 Å². The maximum absolute atomic E-state index is 10.9. The van der Waals surface area contributed by atoms with E-state index in [1.807, 2.05) is 0 Å². The first kappa shape index (κ1) is 12.3. The van der Waals surface area contributed by atoms with Gasteiger partial charge < -0.3 is 10.6 Å². The lowest BCUT2D eigenvalue weighted by atomic mass is 10.3. The van der Waals surface area contributed by atoms with Gasteiger partial charge in [0.15, 0.2) is 0 Å². The van der Waals surface area contributed by atoms with E-state index in [4.69, 9.17) is 0 Å². The van der Waals surface area contributed by atoms with Gasteiger partial charge in [-0.25, -0.2) is 9.79 Å². The minimum absolute atomic E-state index is 0.142. The highest BCUT2D eigenvalue weighted by Gasteiger charge is 2.04. The van der Waals surface area contributed by atoms with Crippen LogP contribution in [0.3, 0.4) is 0 Å². The van der Waals surface area contributed by atoms with Gasteiger partial charge in [-0.1, -0.05) is 6.58 Å². The summed E-state index contributed by atoms with van der Waals surface area (Å²) in [6, 6.07) is -0.552. The predicted molar refractivity (Wildman–Crippen MR) is 55.4 cm³/mol. The fourth-order valence-electron chi connectivity index (χ4n) is 0.756. The molecule has 0 bridgehead atoms. The van der Waals surface area contributed by atoms with Gasteiger partial charge in [0.2, 0.25) is 5.91 Å². The molecule has 1 unspecified atom stereocenters. The van der Waals surface area contributed by atoms with Crippen LogP contribution in [0, 0.1) is 0 Å². The Morgan fingerprint density at radius 1 is 1.57 bits per heavy atom. The van der Waals surface area contributed by atoms with E-state index in [0.29, 0.717) is 6.54 Å². The molecule has 0 rings (SSSR count). The van der Waals surface area contributed by atoms with Crippen LogP contribution in [-0.2, 0) is 4.79 Å². The maximum Gasteiger partial charge on any atom is 0.340 e. The van der Waals surface area contributed by atoms with E-state index >= 15 is 0 Å². The Labute approximate surface area is 83.3 Å². The van der Waals surface area contributed by atoms with Crippen LogP contribution in [0.1, 0.15) is 13.8 Å². The first-order valence-corrected chi connectivity index (χ1v) is 4.29. The summed E-state index contributed by atoms with van der Waals surface area (Å²) in [5.74, 6) is -0.259. The third kappa shape index (κ3) is 5.93. The Kier molecular flexibility index (Phi) is 6.02. The van der Waals surface area contributed by atoms with Gasteiger partial charge in [0.05, 0.1) is 0 Å². The van der Waals surface area contributed by atoms with Crippen molar-refractivity contribution >= 4 is 18.2 Å². The molecule has 5 nitrogen and oxygen atoms in total. The lowest BCUT2D eigenvalue weighted by molar-refractivity contribution is -0.117. The number of hydrogen-bond donors (Lipinski definition) is 2. The zero-order valence-electron chi connectivity index (χ0n) is 8.41. The van der Waals surface area contributed by atoms with Crippen LogP contribution in [0.15, 0.2) is 17.6 Å². The number of hydrogen-bond acceptors (Lipinski definition) is 2. The molecule has 78 valence electrons. The van der Waals surface area contributed by atoms with Gasteiger partial charge in [-0.05, 0) is 19.9 Å². The lowest BCUT2D eigenvalue weighted by Gasteiger charge is -2.11. The number of carbonyl (C=O) groups excluding carboxylic acids is 2. The number of aliphatic imine (C=N–C) groups is 1. The van der Waals surface area contributed by atoms with Crippen molar-refractivity contribution in [1.29, 1.82) is 0 Å². The second kappa shape index (κ2) is 6.82. The maximum atomic E-state index is 10.9. The zero-order chi connectivity index (χ0) is 11.0. The topological polar surface area (TPSA) is 70.6 Å². The lowest BCUT2D eigenvalue weighted by Crippen LogP contribution is -2.40. The summed E-state index contributed by atoms with van der Waals surface area (Å²) in [4.78, 5) is 25.2. The molecule has 0 aromatic carbocycles. The zero-order valence-corrected chi connectivity index (χ0v) is 8.41. The number of rotatable bonds is 4. The summed E-state index contributed by atoms with van der Waals surface area (Å²) in [6.07, 6.45) is 2.59. The smallest absolute Gasteiger partial charge is 0.340 e. The Hall–Kier alpha value is -1.65. The van der Waals surface area contributed by atoms with Gasteiger partial charge in [-0.3, -0.25) is 4.79 Å². The van der Waals surface area contributed by atoms with E-state index in [1.54, 1.807) is 13.8 Å². The van der Waals surface area contributed by atoms with Crippen molar-refractivity contribution in [3.05, 3.63) is 12.7 Å². The van der Waals surface area contributed by atoms with Crippen LogP contribution in [0.2, 0.25) is 0 Å². The summed E-state index contributed by atoms with van der Waals surface area (Å²) in [5, 5.41) is 5.13. The van der Waals surface area contributed by atoms with Crippen molar-refractivity contribution in [1.82, 2.24) is 10.6 Å². The number of urea groups is 1. The minimum atomic E-state index is -0.410. The average molecular weight is 197 g/mol. The Balaban J connectivity index is 3.73. The fraction of sp³-hybridized carbons (Fsp3) is 0.444. The summed E-state index contributed by atoms with van der Waals surface area (Å²) in [6.45, 7) is 7.09. The van der Waals surface area contributed by atoms with E-state index in [0.717, 1.165) is 0 Å². The van der Waals surface area contributed by atoms with Crippen LogP contribution in [0.5, 0.6) is 0 Å². The molecule has 0 heterocycles. The predicted octanol–water partition coefficient (Wildman–Crippen LogP) is 0.477. The monoisotopic (exact) mass is 197 g/mol. The molecule has 0 aromatic heterocycles. The third-order valence-electron chi connectivity index (χ3n) is 1.38. The molecule has 0 aliphatic rings. The minimum Gasteiger partial charge on any atom is -0.348 e. The van der Waals surface area contributed by atoms with E-state index in [2.05, 4.69) is 22.2 Å². The standard InChI is InChI=1S/C9H15N3O2/c1-4-8(13)12-7(3)6-11-9(14)10-5-2/h4-5,7H,1,6H2,2-3H3,(H,11,14)(H,12,13). The molecule has 5 heteroatoms. The van der Waals surface area contributed by atoms with Gasteiger partial charge >= 0.3 is 6.03 Å². The van der Waals surface area contributed by atoms with Crippen molar-refractivity contribution in [2.45, 2.75) is 19.9 Å². The van der Waals surface area contributed by atoms with Crippen LogP contribution >= 0.6 is 0 Å². The second-order valence-electron chi connectivity index (χ2n) is 2.69. The van der Waals surface area contributed by atoms with Crippen LogP contribution < -0.4 is 10.6 Å². The van der Waals surface area contributed by atoms with Gasteiger partial charge in [0.1, 0.15) is 0 Å². The fourth-order valence-corrected chi connectivity index (χ4v) is 0.756. The summed E-state index contributed by atoms with van der Waals surface area (Å²) < 4.78 is 0. The first-order valence-electron chi connectivity index (χ1n) is 4.29. The molecule has 0 spiro atoms. The third-order valence-corrected chi connectivity index (χ3v) is 1.38. The second-order valence-corrected chi connectivity index (χ2v) is 2.69. The van der Waals surface area contributed by atoms with Gasteiger partial charge in [-0.2, -0.15) is 0 Å². The van der Waals surface area contributed by atoms with Crippen molar-refractivity contribution < 1.29 is 9.59 Å². The number of carbonyl (C=O) groups is 2. The molecule has 14 heavy (non-hydrogen) atoms. The highest BCUT2D eigenvalue weighted by molar-refractivity contribution is 5.87. The molecule has 0 radical (unpaired) electrons. The average Bonchev–Trinajstić information content (AvgIpc) is 2.15. The molecule has 0 aliphatic carbocycles. The molecule has 0 aliphatic heterocycles. The molecule has 2 N–H and O–H groups in total.